The number of esters is 1. The van der Waals surface area contributed by atoms with Crippen molar-refractivity contribution in [3.8, 4) is 0 Å². The molecular weight excluding hydrogens is 214 g/mol. The van der Waals surface area contributed by atoms with Gasteiger partial charge in [-0.3, -0.25) is 10.1 Å². The van der Waals surface area contributed by atoms with Crippen LogP contribution in [-0.2, 0) is 9.53 Å². The Bertz CT molecular complexity index is 231. The third-order valence-electron chi connectivity index (χ3n) is 3.72. The molecule has 3 nitrogen and oxygen atoms in total. The van der Waals surface area contributed by atoms with Gasteiger partial charge in [0.25, 0.3) is 0 Å². The van der Waals surface area contributed by atoms with E-state index in [1.54, 1.807) is 0 Å². The summed E-state index contributed by atoms with van der Waals surface area (Å²) in [4.78, 5) is 11.6. The third kappa shape index (κ3) is 2.28. The van der Waals surface area contributed by atoms with Gasteiger partial charge in [-0.1, -0.05) is 12.8 Å². The van der Waals surface area contributed by atoms with Crippen LogP contribution in [0.5, 0.6) is 0 Å². The van der Waals surface area contributed by atoms with Gasteiger partial charge < -0.3 is 4.74 Å². The minimum atomic E-state index is -0.422. The lowest BCUT2D eigenvalue weighted by Gasteiger charge is -2.24. The van der Waals surface area contributed by atoms with Crippen LogP contribution in [0.2, 0.25) is 0 Å². The maximum atomic E-state index is 11.6. The Morgan fingerprint density at radius 1 is 1.40 bits per heavy atom. The zero-order chi connectivity index (χ0) is 10.2. The highest BCUT2D eigenvalue weighted by Gasteiger charge is 2.47. The van der Waals surface area contributed by atoms with Gasteiger partial charge in [0.15, 0.2) is 0 Å². The van der Waals surface area contributed by atoms with E-state index < -0.39 is 5.54 Å². The zero-order valence-electron chi connectivity index (χ0n) is 9.41. The number of hydrogen-bond donors (Lipinski definition) is 1. The minimum Gasteiger partial charge on any atom is -0.468 e. The van der Waals surface area contributed by atoms with Crippen molar-refractivity contribution in [2.75, 3.05) is 7.11 Å². The molecule has 2 fully saturated rings. The van der Waals surface area contributed by atoms with Crippen LogP contribution >= 0.6 is 12.4 Å². The number of rotatable bonds is 1. The van der Waals surface area contributed by atoms with Crippen molar-refractivity contribution in [3.05, 3.63) is 0 Å². The van der Waals surface area contributed by atoms with E-state index >= 15 is 0 Å². The second-order valence-corrected chi connectivity index (χ2v) is 4.82. The van der Waals surface area contributed by atoms with Crippen LogP contribution in [0.3, 0.4) is 0 Å². The van der Waals surface area contributed by atoms with Gasteiger partial charge in [0.2, 0.25) is 0 Å². The van der Waals surface area contributed by atoms with Crippen molar-refractivity contribution in [1.29, 1.82) is 0 Å². The second kappa shape index (κ2) is 4.71. The molecule has 1 heterocycles. The molecule has 0 aromatic heterocycles. The van der Waals surface area contributed by atoms with Crippen LogP contribution < -0.4 is 5.32 Å². The fraction of sp³-hybridized carbons (Fsp3) is 0.909. The molecule has 15 heavy (non-hydrogen) atoms. The highest BCUT2D eigenvalue weighted by atomic mass is 35.5. The van der Waals surface area contributed by atoms with E-state index in [2.05, 4.69) is 5.32 Å². The Hall–Kier alpha value is -0.280. The third-order valence-corrected chi connectivity index (χ3v) is 3.72. The normalized spacial score (nSPS) is 39.1. The predicted molar refractivity (Wildman–Crippen MR) is 61.2 cm³/mol. The van der Waals surface area contributed by atoms with Crippen molar-refractivity contribution < 1.29 is 9.53 Å². The monoisotopic (exact) mass is 233 g/mol. The molecule has 1 saturated carbocycles. The van der Waals surface area contributed by atoms with E-state index in [-0.39, 0.29) is 18.4 Å². The molecule has 4 heteroatoms. The number of carbonyl (C=O) groups is 1. The van der Waals surface area contributed by atoms with Crippen LogP contribution in [0.4, 0.5) is 0 Å². The zero-order valence-corrected chi connectivity index (χ0v) is 10.2. The first kappa shape index (κ1) is 12.8. The van der Waals surface area contributed by atoms with E-state index in [0.29, 0.717) is 12.0 Å². The molecule has 1 aliphatic carbocycles. The van der Waals surface area contributed by atoms with Gasteiger partial charge >= 0.3 is 5.97 Å². The maximum Gasteiger partial charge on any atom is 0.325 e. The van der Waals surface area contributed by atoms with Crippen molar-refractivity contribution in [3.63, 3.8) is 0 Å². The highest BCUT2D eigenvalue weighted by molar-refractivity contribution is 5.85. The van der Waals surface area contributed by atoms with Crippen LogP contribution in [0.25, 0.3) is 0 Å². The van der Waals surface area contributed by atoms with Crippen molar-refractivity contribution >= 4 is 18.4 Å². The van der Waals surface area contributed by atoms with Crippen molar-refractivity contribution in [2.24, 2.45) is 5.92 Å². The van der Waals surface area contributed by atoms with E-state index in [4.69, 9.17) is 4.74 Å². The van der Waals surface area contributed by atoms with Gasteiger partial charge in [0.05, 0.1) is 7.11 Å². The number of methoxy groups -OCH3 is 1. The second-order valence-electron chi connectivity index (χ2n) is 4.82. The van der Waals surface area contributed by atoms with E-state index in [1.165, 1.54) is 32.8 Å². The summed E-state index contributed by atoms with van der Waals surface area (Å²) in [5.41, 5.74) is -0.422. The van der Waals surface area contributed by atoms with Gasteiger partial charge in [-0.25, -0.2) is 0 Å². The standard InChI is InChI=1S/C11H19NO2.ClH/c1-11(10(13)14-2)7-8-5-3-4-6-9(8)12-11;/h8-9,12H,3-7H2,1-2H3;1H/t8-,9-,11-;/m0./s1. The Morgan fingerprint density at radius 2 is 2.07 bits per heavy atom. The molecule has 0 radical (unpaired) electrons. The molecule has 0 unspecified atom stereocenters. The quantitative estimate of drug-likeness (QED) is 0.703. The molecule has 0 bridgehead atoms. The summed E-state index contributed by atoms with van der Waals surface area (Å²) < 4.78 is 4.84. The molecule has 1 N–H and O–H groups in total. The first-order chi connectivity index (χ1) is 6.65. The lowest BCUT2D eigenvalue weighted by Crippen LogP contribution is -2.48. The van der Waals surface area contributed by atoms with E-state index in [9.17, 15) is 4.79 Å². The number of hydrogen-bond acceptors (Lipinski definition) is 3. The van der Waals surface area contributed by atoms with Gasteiger partial charge in [0, 0.05) is 6.04 Å². The van der Waals surface area contributed by atoms with Crippen molar-refractivity contribution in [2.45, 2.75) is 50.6 Å². The molecule has 2 aliphatic rings. The lowest BCUT2D eigenvalue weighted by atomic mass is 9.83. The number of nitrogens with one attached hydrogen (secondary N) is 1. The average molecular weight is 234 g/mol. The minimum absolute atomic E-state index is 0. The van der Waals surface area contributed by atoms with Gasteiger partial charge in [-0.2, -0.15) is 0 Å². The topological polar surface area (TPSA) is 38.3 Å². The molecule has 0 aromatic rings. The number of ether oxygens (including phenoxy) is 1. The highest BCUT2D eigenvalue weighted by Crippen LogP contribution is 2.38. The summed E-state index contributed by atoms with van der Waals surface area (Å²) in [5.74, 6) is 0.583. The van der Waals surface area contributed by atoms with Gasteiger partial charge in [0.1, 0.15) is 5.54 Å². The van der Waals surface area contributed by atoms with Crippen molar-refractivity contribution in [1.82, 2.24) is 5.32 Å². The summed E-state index contributed by atoms with van der Waals surface area (Å²) in [6, 6.07) is 0.549. The summed E-state index contributed by atoms with van der Waals surface area (Å²) in [5, 5.41) is 3.45. The first-order valence-electron chi connectivity index (χ1n) is 5.52. The molecule has 3 atom stereocenters. The largest absolute Gasteiger partial charge is 0.468 e. The molecular formula is C11H20ClNO2. The van der Waals surface area contributed by atoms with Crippen LogP contribution in [0.1, 0.15) is 39.0 Å². The Labute approximate surface area is 97.4 Å². The van der Waals surface area contributed by atoms with Gasteiger partial charge in [-0.05, 0) is 32.1 Å². The fourth-order valence-corrected chi connectivity index (χ4v) is 3.00. The molecule has 1 aliphatic heterocycles. The summed E-state index contributed by atoms with van der Waals surface area (Å²) in [6.07, 6.45) is 6.05. The molecule has 2 rings (SSSR count). The maximum absolute atomic E-state index is 11.6. The summed E-state index contributed by atoms with van der Waals surface area (Å²) in [6.45, 7) is 1.97. The Balaban J connectivity index is 0.00000112. The molecule has 0 amide bonds. The first-order valence-corrected chi connectivity index (χ1v) is 5.52. The summed E-state index contributed by atoms with van der Waals surface area (Å²) >= 11 is 0. The number of fused-ring (bicyclic) bond motifs is 1. The Kier molecular flexibility index (Phi) is 4.01. The predicted octanol–water partition coefficient (Wildman–Crippen LogP) is 1.89. The molecule has 0 aromatic carbocycles. The number of halogens is 1. The SMILES string of the molecule is COC(=O)[C@]1(C)C[C@@H]2CCCC[C@@H]2N1.Cl. The summed E-state index contributed by atoms with van der Waals surface area (Å²) in [7, 11) is 1.47. The van der Waals surface area contributed by atoms with Gasteiger partial charge in [-0.15, -0.1) is 12.4 Å². The van der Waals surface area contributed by atoms with Crippen LogP contribution in [0.15, 0.2) is 0 Å². The van der Waals surface area contributed by atoms with E-state index in [1.807, 2.05) is 6.92 Å². The number of carbonyl (C=O) groups excluding carboxylic acids is 1. The fourth-order valence-electron chi connectivity index (χ4n) is 3.00. The Morgan fingerprint density at radius 3 is 2.67 bits per heavy atom. The van der Waals surface area contributed by atoms with Crippen LogP contribution in [0, 0.1) is 5.92 Å². The molecule has 88 valence electrons. The molecule has 1 saturated heterocycles. The lowest BCUT2D eigenvalue weighted by molar-refractivity contribution is -0.147. The average Bonchev–Trinajstić information content (AvgIpc) is 2.54. The van der Waals surface area contributed by atoms with Crippen LogP contribution in [-0.4, -0.2) is 24.7 Å². The smallest absolute Gasteiger partial charge is 0.325 e. The van der Waals surface area contributed by atoms with E-state index in [0.717, 1.165) is 6.42 Å². The molecule has 0 spiro atoms.